The molecule has 1 aromatic rings. The van der Waals surface area contributed by atoms with Gasteiger partial charge >= 0.3 is 8.80 Å². The molecule has 0 spiro atoms. The molecule has 0 bridgehead atoms. The number of hydrogen-bond donors (Lipinski definition) is 1. The van der Waals surface area contributed by atoms with E-state index in [2.05, 4.69) is 17.4 Å². The quantitative estimate of drug-likeness (QED) is 0.587. The zero-order chi connectivity index (χ0) is 15.9. The zero-order valence-corrected chi connectivity index (χ0v) is 14.8. The van der Waals surface area contributed by atoms with E-state index >= 15 is 0 Å². The van der Waals surface area contributed by atoms with Crippen LogP contribution in [0.4, 0.5) is 5.69 Å². The predicted octanol–water partition coefficient (Wildman–Crippen LogP) is 3.26. The molecule has 6 heteroatoms. The fraction of sp³-hybridized carbons (Fsp3) is 0.625. The molecule has 22 heavy (non-hydrogen) atoms. The van der Waals surface area contributed by atoms with Crippen LogP contribution in [0.2, 0.25) is 6.04 Å². The molecular weight excluding hydrogens is 298 g/mol. The standard InChI is InChI=1S/C16H27NO4Si/c1-18-16(12-8-14-22(19-2,20-3)21-16)11-7-13-17-15-9-5-4-6-10-15/h4-6,9-10,17H,7-8,11-14H2,1-3H3. The minimum Gasteiger partial charge on any atom is -0.385 e. The van der Waals surface area contributed by atoms with Crippen LogP contribution in [0, 0.1) is 0 Å². The van der Waals surface area contributed by atoms with Crippen molar-refractivity contribution >= 4 is 14.5 Å². The Kier molecular flexibility index (Phi) is 6.40. The highest BCUT2D eigenvalue weighted by atomic mass is 28.4. The molecular formula is C16H27NO4Si. The summed E-state index contributed by atoms with van der Waals surface area (Å²) in [5.74, 6) is -0.575. The van der Waals surface area contributed by atoms with Gasteiger partial charge in [-0.2, -0.15) is 0 Å². The summed E-state index contributed by atoms with van der Waals surface area (Å²) in [7, 11) is 2.48. The first-order valence-corrected chi connectivity index (χ1v) is 9.75. The molecule has 124 valence electrons. The smallest absolute Gasteiger partial charge is 0.385 e. The molecule has 0 amide bonds. The fourth-order valence-electron chi connectivity index (χ4n) is 2.90. The van der Waals surface area contributed by atoms with Crippen molar-refractivity contribution in [3.63, 3.8) is 0 Å². The van der Waals surface area contributed by atoms with Crippen molar-refractivity contribution in [1.29, 1.82) is 0 Å². The third-order valence-electron chi connectivity index (χ3n) is 4.21. The summed E-state index contributed by atoms with van der Waals surface area (Å²) in [6, 6.07) is 11.1. The molecule has 1 N–H and O–H groups in total. The topological polar surface area (TPSA) is 49.0 Å². The molecule has 1 atom stereocenters. The van der Waals surface area contributed by atoms with Gasteiger partial charge in [0.15, 0.2) is 5.79 Å². The third-order valence-corrected chi connectivity index (χ3v) is 7.11. The summed E-state index contributed by atoms with van der Waals surface area (Å²) >= 11 is 0. The van der Waals surface area contributed by atoms with Crippen molar-refractivity contribution in [2.24, 2.45) is 0 Å². The van der Waals surface area contributed by atoms with E-state index in [0.29, 0.717) is 0 Å². The second-order valence-corrected chi connectivity index (χ2v) is 8.44. The minimum atomic E-state index is -2.56. The Morgan fingerprint density at radius 3 is 2.55 bits per heavy atom. The summed E-state index contributed by atoms with van der Waals surface area (Å²) in [5, 5.41) is 3.41. The van der Waals surface area contributed by atoms with Crippen LogP contribution < -0.4 is 5.32 Å². The van der Waals surface area contributed by atoms with Gasteiger partial charge in [-0.25, -0.2) is 0 Å². The van der Waals surface area contributed by atoms with Crippen LogP contribution in [-0.2, 0) is 18.0 Å². The summed E-state index contributed by atoms with van der Waals surface area (Å²) in [6.07, 6.45) is 3.68. The zero-order valence-electron chi connectivity index (χ0n) is 13.8. The highest BCUT2D eigenvalue weighted by molar-refractivity contribution is 6.60. The number of benzene rings is 1. The second kappa shape index (κ2) is 8.08. The van der Waals surface area contributed by atoms with Gasteiger partial charge in [0, 0.05) is 52.4 Å². The number of anilines is 1. The van der Waals surface area contributed by atoms with Gasteiger partial charge in [-0.1, -0.05) is 18.2 Å². The van der Waals surface area contributed by atoms with E-state index in [1.807, 2.05) is 18.2 Å². The molecule has 1 saturated heterocycles. The molecule has 0 radical (unpaired) electrons. The van der Waals surface area contributed by atoms with Crippen LogP contribution in [0.25, 0.3) is 0 Å². The highest BCUT2D eigenvalue weighted by Gasteiger charge is 2.51. The number of hydrogen-bond acceptors (Lipinski definition) is 5. The van der Waals surface area contributed by atoms with Crippen LogP contribution >= 0.6 is 0 Å². The van der Waals surface area contributed by atoms with Crippen molar-refractivity contribution in [3.05, 3.63) is 30.3 Å². The fourth-order valence-corrected chi connectivity index (χ4v) is 5.21. The molecule has 5 nitrogen and oxygen atoms in total. The lowest BCUT2D eigenvalue weighted by Crippen LogP contribution is -2.56. The van der Waals surface area contributed by atoms with Crippen LogP contribution in [0.5, 0.6) is 0 Å². The molecule has 2 rings (SSSR count). The first-order chi connectivity index (χ1) is 10.7. The van der Waals surface area contributed by atoms with E-state index in [1.54, 1.807) is 21.3 Å². The van der Waals surface area contributed by atoms with Crippen LogP contribution in [0.15, 0.2) is 30.3 Å². The van der Waals surface area contributed by atoms with Gasteiger partial charge in [-0.3, -0.25) is 0 Å². The van der Waals surface area contributed by atoms with Gasteiger partial charge in [-0.05, 0) is 25.0 Å². The molecule has 1 heterocycles. The van der Waals surface area contributed by atoms with E-state index in [4.69, 9.17) is 18.0 Å². The Bertz CT molecular complexity index is 441. The molecule has 0 saturated carbocycles. The number of para-hydroxylation sites is 1. The number of rotatable bonds is 8. The number of nitrogens with one attached hydrogen (secondary N) is 1. The second-order valence-electron chi connectivity index (χ2n) is 5.56. The normalized spacial score (nSPS) is 24.1. The Hall–Kier alpha value is -0.923. The Morgan fingerprint density at radius 1 is 1.18 bits per heavy atom. The van der Waals surface area contributed by atoms with Gasteiger partial charge < -0.3 is 23.3 Å². The Morgan fingerprint density at radius 2 is 1.91 bits per heavy atom. The predicted molar refractivity (Wildman–Crippen MR) is 88.8 cm³/mol. The summed E-state index contributed by atoms with van der Waals surface area (Å²) < 4.78 is 23.0. The van der Waals surface area contributed by atoms with Gasteiger partial charge in [-0.15, -0.1) is 0 Å². The molecule has 1 unspecified atom stereocenters. The third kappa shape index (κ3) is 4.30. The average Bonchev–Trinajstić information content (AvgIpc) is 2.60. The van der Waals surface area contributed by atoms with Crippen LogP contribution in [-0.4, -0.2) is 42.5 Å². The van der Waals surface area contributed by atoms with Crippen molar-refractivity contribution in [3.8, 4) is 0 Å². The van der Waals surface area contributed by atoms with Crippen molar-refractivity contribution in [2.75, 3.05) is 33.2 Å². The van der Waals surface area contributed by atoms with Gasteiger partial charge in [0.1, 0.15) is 0 Å². The van der Waals surface area contributed by atoms with E-state index in [-0.39, 0.29) is 0 Å². The maximum Gasteiger partial charge on any atom is 0.502 e. The summed E-state index contributed by atoms with van der Waals surface area (Å²) in [6.45, 7) is 0.882. The number of ether oxygens (including phenoxy) is 1. The van der Waals surface area contributed by atoms with E-state index in [1.165, 1.54) is 0 Å². The van der Waals surface area contributed by atoms with E-state index in [0.717, 1.165) is 44.0 Å². The molecule has 1 fully saturated rings. The lowest BCUT2D eigenvalue weighted by Gasteiger charge is -2.43. The van der Waals surface area contributed by atoms with Gasteiger partial charge in [0.05, 0.1) is 0 Å². The summed E-state index contributed by atoms with van der Waals surface area (Å²) in [4.78, 5) is 0. The Labute approximate surface area is 134 Å². The van der Waals surface area contributed by atoms with Crippen molar-refractivity contribution < 1.29 is 18.0 Å². The summed E-state index contributed by atoms with van der Waals surface area (Å²) in [5.41, 5.74) is 1.14. The Balaban J connectivity index is 1.85. The monoisotopic (exact) mass is 325 g/mol. The maximum atomic E-state index is 6.21. The highest BCUT2D eigenvalue weighted by Crippen LogP contribution is 2.37. The van der Waals surface area contributed by atoms with E-state index in [9.17, 15) is 0 Å². The SMILES string of the molecule is COC1(CCCNc2ccccc2)CCC[Si](OC)(OC)O1. The average molecular weight is 325 g/mol. The largest absolute Gasteiger partial charge is 0.502 e. The van der Waals surface area contributed by atoms with Gasteiger partial charge in [0.2, 0.25) is 0 Å². The molecule has 1 aliphatic heterocycles. The van der Waals surface area contributed by atoms with Crippen molar-refractivity contribution in [1.82, 2.24) is 0 Å². The minimum absolute atomic E-state index is 0.575. The molecule has 1 aliphatic rings. The van der Waals surface area contributed by atoms with E-state index < -0.39 is 14.6 Å². The van der Waals surface area contributed by atoms with Gasteiger partial charge in [0.25, 0.3) is 0 Å². The van der Waals surface area contributed by atoms with Crippen LogP contribution in [0.3, 0.4) is 0 Å². The lowest BCUT2D eigenvalue weighted by molar-refractivity contribution is -0.210. The molecule has 0 aromatic heterocycles. The first kappa shape index (κ1) is 17.4. The molecule has 1 aromatic carbocycles. The van der Waals surface area contributed by atoms with Crippen molar-refractivity contribution in [2.45, 2.75) is 37.5 Å². The first-order valence-electron chi connectivity index (χ1n) is 7.82. The lowest BCUT2D eigenvalue weighted by atomic mass is 10.0. The number of methoxy groups -OCH3 is 1. The van der Waals surface area contributed by atoms with Crippen LogP contribution in [0.1, 0.15) is 25.7 Å². The maximum absolute atomic E-state index is 6.21. The molecule has 0 aliphatic carbocycles.